The van der Waals surface area contributed by atoms with Gasteiger partial charge in [-0.05, 0) is 0 Å². The molecule has 0 heterocycles. The quantitative estimate of drug-likeness (QED) is 0.407. The number of ether oxygens (including phenoxy) is 1. The molecule has 0 saturated carbocycles. The van der Waals surface area contributed by atoms with Crippen LogP contribution in [0.3, 0.4) is 0 Å². The predicted octanol–water partition coefficient (Wildman–Crippen LogP) is 2.14. The van der Waals surface area contributed by atoms with Gasteiger partial charge in [0.2, 0.25) is 0 Å². The summed E-state index contributed by atoms with van der Waals surface area (Å²) in [7, 11) is 0. The number of carboxylic acid groups (broad SMARTS) is 1. The van der Waals surface area contributed by atoms with Gasteiger partial charge in [-0.25, -0.2) is 4.79 Å². The Morgan fingerprint density at radius 2 is 1.70 bits per heavy atom. The van der Waals surface area contributed by atoms with E-state index in [2.05, 4.69) is 5.32 Å². The summed E-state index contributed by atoms with van der Waals surface area (Å²) in [4.78, 5) is 20.5. The van der Waals surface area contributed by atoms with Gasteiger partial charge < -0.3 is 5.11 Å². The van der Waals surface area contributed by atoms with Crippen molar-refractivity contribution in [2.75, 3.05) is 0 Å². The number of aliphatic carboxylic acids is 1. The number of carbonyl (C=O) groups is 2. The molecule has 11 heteroatoms. The zero-order valence-corrected chi connectivity index (χ0v) is 20.8. The summed E-state index contributed by atoms with van der Waals surface area (Å²) in [5, 5.41) is 29.6. The minimum atomic E-state index is -5.08. The molecule has 0 aliphatic carbocycles. The number of aliphatic hydroxyl groups excluding tert-OH is 1. The van der Waals surface area contributed by atoms with Gasteiger partial charge in [0.1, 0.15) is 0 Å². The van der Waals surface area contributed by atoms with E-state index in [0.717, 1.165) is 3.07 Å². The molecule has 1 aromatic rings. The standard InChI is InChI=1S/C14H20NO4.C2HF3O2.Hg/c1-9(15-13(18)19-14(2,3)4)12(17)10-6-5-7-11(16)8-10;3-2(4,5)1(6)7;/h5-6,8-9,12,16-17H,1-4H3,(H,15,18);(H,6,7);/t9-,12-;;/m0../s1. The monoisotopic (exact) mass is 582 g/mol. The molecule has 0 bridgehead atoms. The van der Waals surface area contributed by atoms with Crippen LogP contribution in [0.2, 0.25) is 0 Å². The summed E-state index contributed by atoms with van der Waals surface area (Å²) < 4.78 is 37.8. The molecule has 0 fully saturated rings. The predicted molar refractivity (Wildman–Crippen MR) is 85.2 cm³/mol. The average molecular weight is 581 g/mol. The Morgan fingerprint density at radius 1 is 1.22 bits per heavy atom. The van der Waals surface area contributed by atoms with Crippen molar-refractivity contribution < 1.29 is 68.9 Å². The molecule has 0 radical (unpaired) electrons. The van der Waals surface area contributed by atoms with Crippen LogP contribution in [-0.2, 0) is 35.7 Å². The van der Waals surface area contributed by atoms with Crippen LogP contribution < -0.4 is 8.39 Å². The number of carboxylic acids is 1. The van der Waals surface area contributed by atoms with Crippen LogP contribution in [-0.4, -0.2) is 45.2 Å². The number of carbonyl (C=O) groups excluding carboxylic acids is 1. The molecule has 1 amide bonds. The first-order valence-corrected chi connectivity index (χ1v) is 10.4. The molecular weight excluding hydrogens is 560 g/mol. The summed E-state index contributed by atoms with van der Waals surface area (Å²) in [6.45, 7) is 7.01. The summed E-state index contributed by atoms with van der Waals surface area (Å²) in [5.74, 6) is -2.55. The minimum Gasteiger partial charge on any atom is -0.475 e. The number of benzene rings is 1. The third-order valence-electron chi connectivity index (χ3n) is 2.91. The number of phenols is 1. The number of halogens is 3. The summed E-state index contributed by atoms with van der Waals surface area (Å²) in [6, 6.07) is 4.59. The number of aliphatic hydroxyl groups is 1. The zero-order valence-electron chi connectivity index (χ0n) is 15.3. The maximum Gasteiger partial charge on any atom is 0.490 e. The van der Waals surface area contributed by atoms with Crippen LogP contribution in [0.1, 0.15) is 39.4 Å². The van der Waals surface area contributed by atoms with Crippen LogP contribution in [0, 0.1) is 0 Å². The molecule has 0 aliphatic heterocycles. The van der Waals surface area contributed by atoms with Gasteiger partial charge in [-0.1, -0.05) is 0 Å². The molecule has 1 rings (SSSR count). The Morgan fingerprint density at radius 3 is 2.07 bits per heavy atom. The Labute approximate surface area is 170 Å². The van der Waals surface area contributed by atoms with Gasteiger partial charge in [-0.2, -0.15) is 13.2 Å². The van der Waals surface area contributed by atoms with Gasteiger partial charge in [0, 0.05) is 0 Å². The fraction of sp³-hybridized carbons (Fsp3) is 0.500. The van der Waals surface area contributed by atoms with Crippen molar-refractivity contribution in [3.8, 4) is 5.75 Å². The molecule has 7 nitrogen and oxygen atoms in total. The van der Waals surface area contributed by atoms with E-state index in [9.17, 15) is 28.2 Å². The van der Waals surface area contributed by atoms with Crippen LogP contribution >= 0.6 is 0 Å². The smallest absolute Gasteiger partial charge is 0.475 e. The number of alkyl halides is 3. The van der Waals surface area contributed by atoms with E-state index in [4.69, 9.17) is 14.6 Å². The second kappa shape index (κ2) is 10.1. The number of hydrogen-bond donors (Lipinski definition) is 4. The van der Waals surface area contributed by atoms with Crippen LogP contribution in [0.4, 0.5) is 18.0 Å². The molecule has 1 aromatic carbocycles. The van der Waals surface area contributed by atoms with E-state index in [0.29, 0.717) is 31.7 Å². The van der Waals surface area contributed by atoms with Crippen LogP contribution in [0.5, 0.6) is 5.75 Å². The molecule has 0 spiro atoms. The molecule has 4 N–H and O–H groups in total. The molecular formula is C16H21F3HgNO6. The Kier molecular flexibility index (Phi) is 9.53. The third kappa shape index (κ3) is 10.4. The normalized spacial score (nSPS) is 13.7. The van der Waals surface area contributed by atoms with Gasteiger partial charge in [0.25, 0.3) is 0 Å². The van der Waals surface area contributed by atoms with Crippen molar-refractivity contribution >= 4 is 15.1 Å². The Bertz CT molecular complexity index is 661. The fourth-order valence-electron chi connectivity index (χ4n) is 1.63. The van der Waals surface area contributed by atoms with Gasteiger partial charge in [0.05, 0.1) is 0 Å². The summed E-state index contributed by atoms with van der Waals surface area (Å²) in [6.07, 6.45) is -6.56. The number of rotatable bonds is 3. The minimum absolute atomic E-state index is 0.203. The largest absolute Gasteiger partial charge is 0.490 e. The van der Waals surface area contributed by atoms with Gasteiger partial charge in [0.15, 0.2) is 0 Å². The van der Waals surface area contributed by atoms with Crippen molar-refractivity contribution in [2.45, 2.75) is 51.6 Å². The molecule has 0 aliphatic rings. The van der Waals surface area contributed by atoms with Crippen LogP contribution in [0.25, 0.3) is 0 Å². The SMILES string of the molecule is C[C@H](NC(=O)OC(C)(C)C)[C@H](O)c1cc[c]([Hg])c(O)c1.O=C(O)C(F)(F)F. The molecule has 27 heavy (non-hydrogen) atoms. The first-order chi connectivity index (χ1) is 12.0. The van der Waals surface area contributed by atoms with Gasteiger partial charge >= 0.3 is 147 Å². The zero-order chi connectivity index (χ0) is 21.6. The molecule has 0 unspecified atom stereocenters. The maximum absolute atomic E-state index is 11.6. The topological polar surface area (TPSA) is 116 Å². The van der Waals surface area contributed by atoms with Crippen molar-refractivity contribution in [3.63, 3.8) is 0 Å². The second-order valence-electron chi connectivity index (χ2n) is 6.57. The van der Waals surface area contributed by atoms with Crippen molar-refractivity contribution in [2.24, 2.45) is 0 Å². The van der Waals surface area contributed by atoms with Gasteiger partial charge in [-0.15, -0.1) is 0 Å². The number of amides is 1. The second-order valence-corrected chi connectivity index (χ2v) is 9.53. The first kappa shape index (κ1) is 25.4. The molecule has 0 aromatic heterocycles. The number of phenolic OH excluding ortho intramolecular Hbond substituents is 1. The number of nitrogens with one attached hydrogen (secondary N) is 1. The molecule has 149 valence electrons. The van der Waals surface area contributed by atoms with Crippen LogP contribution in [0.15, 0.2) is 18.2 Å². The molecule has 0 saturated heterocycles. The first-order valence-electron chi connectivity index (χ1n) is 7.67. The van der Waals surface area contributed by atoms with E-state index >= 15 is 0 Å². The maximum atomic E-state index is 11.6. The van der Waals surface area contributed by atoms with Crippen molar-refractivity contribution in [1.29, 1.82) is 0 Å². The van der Waals surface area contributed by atoms with E-state index in [1.807, 2.05) is 0 Å². The summed E-state index contributed by atoms with van der Waals surface area (Å²) >= 11 is 0.324. The summed E-state index contributed by atoms with van der Waals surface area (Å²) in [5.41, 5.74) is -0.0103. The Hall–Kier alpha value is -1.55. The van der Waals surface area contributed by atoms with Crippen molar-refractivity contribution in [3.05, 3.63) is 23.8 Å². The number of alkyl carbamates (subject to hydrolysis) is 1. The third-order valence-corrected chi connectivity index (χ3v) is 5.24. The van der Waals surface area contributed by atoms with E-state index in [1.165, 1.54) is 0 Å². The average Bonchev–Trinajstić information content (AvgIpc) is 2.46. The van der Waals surface area contributed by atoms with Crippen molar-refractivity contribution in [1.82, 2.24) is 5.32 Å². The Balaban J connectivity index is 0.000000821. The number of aromatic hydroxyl groups is 1. The fourth-order valence-corrected chi connectivity index (χ4v) is 2.48. The van der Waals surface area contributed by atoms with E-state index < -0.39 is 36.0 Å². The number of hydrogen-bond acceptors (Lipinski definition) is 5. The molecule has 2 atom stereocenters. The van der Waals surface area contributed by atoms with E-state index in [1.54, 1.807) is 45.9 Å². The van der Waals surface area contributed by atoms with E-state index in [-0.39, 0.29) is 5.75 Å². The van der Waals surface area contributed by atoms with Gasteiger partial charge in [-0.3, -0.25) is 0 Å².